The van der Waals surface area contributed by atoms with Crippen LogP contribution < -0.4 is 40.2 Å². The Balaban J connectivity index is 1.06. The van der Waals surface area contributed by atoms with Crippen molar-refractivity contribution in [2.45, 2.75) is 51.4 Å². The molecular formula is C76H70N8O16. The van der Waals surface area contributed by atoms with E-state index in [2.05, 4.69) is 31.2 Å². The van der Waals surface area contributed by atoms with Crippen LogP contribution in [0.2, 0.25) is 0 Å². The van der Waals surface area contributed by atoms with Crippen molar-refractivity contribution in [1.82, 2.24) is 19.9 Å². The Labute approximate surface area is 572 Å². The summed E-state index contributed by atoms with van der Waals surface area (Å²) >= 11 is 0. The van der Waals surface area contributed by atoms with Crippen LogP contribution in [-0.4, -0.2) is 122 Å². The zero-order chi connectivity index (χ0) is 69.0. The molecule has 6 N–H and O–H groups in total. The van der Waals surface area contributed by atoms with Crippen LogP contribution in [0, 0.1) is 47.3 Å². The van der Waals surface area contributed by atoms with Gasteiger partial charge in [-0.2, -0.15) is 0 Å². The summed E-state index contributed by atoms with van der Waals surface area (Å²) in [5.41, 5.74) is 7.31. The number of H-pyrrole nitrogens is 2. The molecule has 6 aliphatic heterocycles. The van der Waals surface area contributed by atoms with Crippen LogP contribution in [0.15, 0.2) is 97.1 Å². The fraction of sp³-hybridized carbons (Fsp3) is 0.316. The van der Waals surface area contributed by atoms with E-state index in [9.17, 15) is 38.4 Å². The number of ether oxygens (including phenoxy) is 8. The number of carbonyl (C=O) groups excluding carboxylic acids is 8. The number of benzene rings is 4. The van der Waals surface area contributed by atoms with Crippen molar-refractivity contribution in [2.24, 2.45) is 47.3 Å². The lowest BCUT2D eigenvalue weighted by Gasteiger charge is -2.18. The van der Waals surface area contributed by atoms with Gasteiger partial charge in [0.2, 0.25) is 23.6 Å². The highest BCUT2D eigenvalue weighted by molar-refractivity contribution is 6.13. The number of aromatic nitrogens is 4. The van der Waals surface area contributed by atoms with Crippen LogP contribution in [0.1, 0.15) is 74.1 Å². The van der Waals surface area contributed by atoms with Gasteiger partial charge >= 0.3 is 23.9 Å². The molecule has 4 fully saturated rings. The molecule has 24 heteroatoms. The zero-order valence-corrected chi connectivity index (χ0v) is 55.1. The first-order chi connectivity index (χ1) is 48.7. The number of aromatic amines is 2. The van der Waals surface area contributed by atoms with Crippen molar-refractivity contribution in [3.8, 4) is 67.5 Å². The molecule has 10 aliphatic rings. The molecule has 4 aromatic carbocycles. The van der Waals surface area contributed by atoms with Gasteiger partial charge in [0.05, 0.1) is 159 Å². The van der Waals surface area contributed by atoms with Crippen molar-refractivity contribution >= 4 is 117 Å². The first-order valence-electron chi connectivity index (χ1n) is 33.5. The molecule has 4 aliphatic carbocycles. The molecule has 3 aromatic heterocycles. The van der Waals surface area contributed by atoms with Gasteiger partial charge in [0.1, 0.15) is 23.0 Å². The predicted octanol–water partition coefficient (Wildman–Crippen LogP) is 11.4. The van der Waals surface area contributed by atoms with E-state index < -0.39 is 94.8 Å². The van der Waals surface area contributed by atoms with Crippen LogP contribution in [0.5, 0.6) is 23.0 Å². The molecule has 0 spiro atoms. The van der Waals surface area contributed by atoms with Crippen molar-refractivity contribution < 1.29 is 76.3 Å². The number of fused-ring (bicyclic) bond motifs is 18. The third-order valence-electron chi connectivity index (χ3n) is 19.5. The predicted molar refractivity (Wildman–Crippen MR) is 370 cm³/mol. The van der Waals surface area contributed by atoms with Gasteiger partial charge < -0.3 is 69.1 Å². The second kappa shape index (κ2) is 26.7. The molecule has 17 rings (SSSR count). The maximum Gasteiger partial charge on any atom is 0.309 e. The first kappa shape index (κ1) is 64.4. The molecular weight excluding hydrogens is 1280 g/mol. The van der Waals surface area contributed by atoms with Gasteiger partial charge in [0, 0.05) is 55.4 Å². The van der Waals surface area contributed by atoms with E-state index in [0.717, 1.165) is 0 Å². The number of nitrogens with zero attached hydrogens (tertiary/aromatic N) is 2. The van der Waals surface area contributed by atoms with Crippen molar-refractivity contribution in [1.29, 1.82) is 0 Å². The molecule has 8 atom stereocenters. The quantitative estimate of drug-likeness (QED) is 0.0665. The lowest BCUT2D eigenvalue weighted by Crippen LogP contribution is -2.21. The Hall–Kier alpha value is -11.6. The Morgan fingerprint density at radius 2 is 0.550 bits per heavy atom. The van der Waals surface area contributed by atoms with Gasteiger partial charge in [-0.3, -0.25) is 38.4 Å². The summed E-state index contributed by atoms with van der Waals surface area (Å²) in [5, 5.41) is 12.6. The van der Waals surface area contributed by atoms with E-state index in [-0.39, 0.29) is 74.9 Å². The van der Waals surface area contributed by atoms with Crippen LogP contribution in [0.3, 0.4) is 0 Å². The average molecular weight is 1350 g/mol. The van der Waals surface area contributed by atoms with Crippen molar-refractivity contribution in [3.63, 3.8) is 0 Å². The summed E-state index contributed by atoms with van der Waals surface area (Å²) in [6.45, 7) is -0.00793. The minimum absolute atomic E-state index is 0.00198. The van der Waals surface area contributed by atoms with Crippen LogP contribution in [-0.2, 0) is 57.3 Å². The van der Waals surface area contributed by atoms with Gasteiger partial charge in [0.25, 0.3) is 0 Å². The SMILES string of the molecule is COc1cccc(OC)c1-c1c2nc(c3c4ccc([nH]4)c(-c4c(OC)cccc4OC)c4nc(c(c5ccc1[nH]5)-c1c5cccc1NC(=O)[C@H]1C[C@@H]1C(=O)OCCCCOC(=O)[C@@H]1CC1C(=O)Nc1cccc(c1-3)NC(=O)[C@H]1C[C@@H]1C(=O)OCCCCOC(=O)[C@H]1CC1C(=O)N5)C=C4)C=C2. The summed E-state index contributed by atoms with van der Waals surface area (Å²) < 4.78 is 47.4. The number of rotatable bonds is 6. The van der Waals surface area contributed by atoms with E-state index in [4.69, 9.17) is 47.9 Å². The largest absolute Gasteiger partial charge is 0.496 e. The molecule has 7 aromatic rings. The van der Waals surface area contributed by atoms with Crippen LogP contribution in [0.4, 0.5) is 22.7 Å². The number of esters is 4. The lowest BCUT2D eigenvalue weighted by molar-refractivity contribution is -0.148. The molecule has 4 amide bonds. The smallest absolute Gasteiger partial charge is 0.309 e. The summed E-state index contributed by atoms with van der Waals surface area (Å²) in [4.78, 5) is 133. The minimum atomic E-state index is -0.799. The van der Waals surface area contributed by atoms with Gasteiger partial charge in [0.15, 0.2) is 0 Å². The third kappa shape index (κ3) is 12.3. The third-order valence-corrected chi connectivity index (χ3v) is 19.5. The average Bonchev–Trinajstić information content (AvgIpc) is 1.54. The van der Waals surface area contributed by atoms with E-state index >= 15 is 0 Å². The monoisotopic (exact) mass is 1350 g/mol. The Morgan fingerprint density at radius 3 is 0.800 bits per heavy atom. The summed E-state index contributed by atoms with van der Waals surface area (Å²) in [5.74, 6) is -8.92. The molecule has 9 heterocycles. The molecule has 0 radical (unpaired) electrons. The van der Waals surface area contributed by atoms with Crippen LogP contribution >= 0.6 is 0 Å². The molecule has 100 heavy (non-hydrogen) atoms. The number of methoxy groups -OCH3 is 4. The summed E-state index contributed by atoms with van der Waals surface area (Å²) in [7, 11) is 6.16. The molecule has 2 unspecified atom stereocenters. The van der Waals surface area contributed by atoms with Gasteiger partial charge in [-0.05, 0) is 148 Å². The topological polar surface area (TPSA) is 316 Å². The maximum absolute atomic E-state index is 14.9. The van der Waals surface area contributed by atoms with Gasteiger partial charge in [-0.25, -0.2) is 9.97 Å². The number of nitrogens with one attached hydrogen (secondary N) is 6. The fourth-order valence-corrected chi connectivity index (χ4v) is 13.9. The molecule has 0 saturated heterocycles. The van der Waals surface area contributed by atoms with E-state index in [0.29, 0.717) is 138 Å². The Kier molecular flexibility index (Phi) is 17.2. The second-order valence-electron chi connectivity index (χ2n) is 25.9. The fourth-order valence-electron chi connectivity index (χ4n) is 13.9. The van der Waals surface area contributed by atoms with Crippen molar-refractivity contribution in [2.75, 3.05) is 76.1 Å². The number of carbonyl (C=O) groups is 8. The highest BCUT2D eigenvalue weighted by Crippen LogP contribution is 2.52. The normalized spacial score (nSPS) is 22.8. The zero-order valence-electron chi connectivity index (χ0n) is 55.1. The lowest BCUT2D eigenvalue weighted by atomic mass is 9.98. The highest BCUT2D eigenvalue weighted by atomic mass is 16.5. The minimum Gasteiger partial charge on any atom is -0.496 e. The Bertz CT molecular complexity index is 4380. The van der Waals surface area contributed by atoms with Gasteiger partial charge in [-0.15, -0.1) is 0 Å². The van der Waals surface area contributed by atoms with Gasteiger partial charge in [-0.1, -0.05) is 24.3 Å². The number of anilines is 4. The van der Waals surface area contributed by atoms with Crippen molar-refractivity contribution in [3.05, 3.63) is 120 Å². The molecule has 12 bridgehead atoms. The molecule has 4 saturated carbocycles. The highest BCUT2D eigenvalue weighted by Gasteiger charge is 2.53. The van der Waals surface area contributed by atoms with Crippen LogP contribution in [0.25, 0.3) is 90.9 Å². The Morgan fingerprint density at radius 1 is 0.310 bits per heavy atom. The summed E-state index contributed by atoms with van der Waals surface area (Å²) in [6, 6.07) is 28.3. The number of amides is 4. The maximum atomic E-state index is 14.9. The number of hydrogen-bond donors (Lipinski definition) is 6. The molecule has 510 valence electrons. The first-order valence-corrected chi connectivity index (χ1v) is 33.5. The van der Waals surface area contributed by atoms with E-state index in [1.165, 1.54) is 28.4 Å². The van der Waals surface area contributed by atoms with E-state index in [1.54, 1.807) is 72.8 Å². The number of hydrogen-bond acceptors (Lipinski definition) is 18. The standard InChI is InChI=1S/C76H70N8O16/c1-93-57-17-11-18-58(94-2)67(57)65-53-25-21-49(77-53)63-51-23-27-55(79-51)66(68-59(95-3)19-12-20-60(68)96-4)56-28-24-52(80-56)64(50-22-26-54(65)78-50)62-46-14-10-16-48(62)84-72(88)40-36-44(40)76(92)100-32-8-7-31-99-75(91)43-35-39(43)71(87)83-47-15-9-13-45(61(47)63)81-69(85)37-33-41(37)73(89)97-29-5-6-30-98-74(90)42-34-38(42)70(86)82-46/h9-28,37-44,77,80H,5-8,29-36H2,1-4H3,(H,81,85)(H,82,86)(H,83,87)(H,84,88)/t37-,38?,39?,40-,41-,42-,43+,44-/m0/s1. The summed E-state index contributed by atoms with van der Waals surface area (Å²) in [6.07, 6.45) is 9.43. The van der Waals surface area contributed by atoms with E-state index in [1.807, 2.05) is 48.6 Å². The second-order valence-corrected chi connectivity index (χ2v) is 25.9. The molecule has 24 nitrogen and oxygen atoms in total.